The highest BCUT2D eigenvalue weighted by molar-refractivity contribution is 5.10. The highest BCUT2D eigenvalue weighted by atomic mass is 16.3. The quantitative estimate of drug-likeness (QED) is 0.752. The van der Waals surface area contributed by atoms with Crippen molar-refractivity contribution in [2.45, 2.75) is 90.8 Å². The van der Waals surface area contributed by atoms with Crippen LogP contribution < -0.4 is 0 Å². The molecular weight excluding hydrogens is 284 g/mol. The summed E-state index contributed by atoms with van der Waals surface area (Å²) in [6, 6.07) is 0. The van der Waals surface area contributed by atoms with E-state index in [2.05, 4.69) is 20.8 Å². The van der Waals surface area contributed by atoms with E-state index in [1.165, 1.54) is 32.1 Å². The number of hydrogen-bond acceptors (Lipinski definition) is 2. The van der Waals surface area contributed by atoms with Crippen LogP contribution in [0, 0.1) is 40.4 Å². The van der Waals surface area contributed by atoms with Gasteiger partial charge in [0.1, 0.15) is 0 Å². The maximum Gasteiger partial charge on any atom is 0.0577 e. The molecule has 2 nitrogen and oxygen atoms in total. The molecule has 0 bridgehead atoms. The van der Waals surface area contributed by atoms with Gasteiger partial charge in [-0.15, -0.1) is 0 Å². The van der Waals surface area contributed by atoms with E-state index in [9.17, 15) is 10.2 Å². The first-order chi connectivity index (χ1) is 10.9. The summed E-state index contributed by atoms with van der Waals surface area (Å²) in [5.41, 5.74) is 0.806. The molecule has 132 valence electrons. The first kappa shape index (κ1) is 16.4. The summed E-state index contributed by atoms with van der Waals surface area (Å²) >= 11 is 0. The summed E-state index contributed by atoms with van der Waals surface area (Å²) < 4.78 is 0. The van der Waals surface area contributed by atoms with Gasteiger partial charge >= 0.3 is 0 Å². The fourth-order valence-electron chi connectivity index (χ4n) is 8.06. The number of aliphatic hydroxyl groups excluding tert-OH is 2. The van der Waals surface area contributed by atoms with Crippen molar-refractivity contribution in [3.63, 3.8) is 0 Å². The molecule has 0 spiro atoms. The molecule has 4 aliphatic carbocycles. The predicted octanol–water partition coefficient (Wildman–Crippen LogP) is 4.39. The lowest BCUT2D eigenvalue weighted by molar-refractivity contribution is -0.170. The van der Waals surface area contributed by atoms with E-state index in [0.29, 0.717) is 11.3 Å². The molecule has 0 heterocycles. The molecule has 0 aromatic rings. The highest BCUT2D eigenvalue weighted by Gasteiger charge is 2.61. The zero-order chi connectivity index (χ0) is 16.4. The molecule has 2 heteroatoms. The van der Waals surface area contributed by atoms with E-state index < -0.39 is 0 Å². The van der Waals surface area contributed by atoms with E-state index in [1.807, 2.05) is 0 Å². The molecule has 0 radical (unpaired) electrons. The molecule has 0 aromatic heterocycles. The average Bonchev–Trinajstić information content (AvgIpc) is 2.86. The van der Waals surface area contributed by atoms with Crippen molar-refractivity contribution < 1.29 is 10.2 Å². The number of hydrogen-bond donors (Lipinski definition) is 2. The lowest BCUT2D eigenvalue weighted by Gasteiger charge is -2.62. The molecule has 4 rings (SSSR count). The lowest BCUT2D eigenvalue weighted by atomic mass is 9.44. The number of aliphatic hydroxyl groups is 2. The third-order valence-corrected chi connectivity index (χ3v) is 9.34. The molecule has 4 aliphatic rings. The van der Waals surface area contributed by atoms with Crippen molar-refractivity contribution in [1.29, 1.82) is 0 Å². The second-order valence-electron chi connectivity index (χ2n) is 9.95. The van der Waals surface area contributed by atoms with Crippen LogP contribution in [0.15, 0.2) is 0 Å². The van der Waals surface area contributed by atoms with Crippen LogP contribution in [0.1, 0.15) is 78.6 Å². The van der Waals surface area contributed by atoms with Crippen molar-refractivity contribution in [2.24, 2.45) is 40.4 Å². The van der Waals surface area contributed by atoms with Crippen molar-refractivity contribution >= 4 is 0 Å². The van der Waals surface area contributed by atoms with Gasteiger partial charge in [-0.3, -0.25) is 0 Å². The van der Waals surface area contributed by atoms with Gasteiger partial charge in [-0.1, -0.05) is 27.2 Å². The van der Waals surface area contributed by atoms with Gasteiger partial charge in [0.2, 0.25) is 0 Å². The Kier molecular flexibility index (Phi) is 3.89. The number of rotatable bonds is 1. The van der Waals surface area contributed by atoms with Gasteiger partial charge in [0.25, 0.3) is 0 Å². The van der Waals surface area contributed by atoms with Crippen molar-refractivity contribution in [3.8, 4) is 0 Å². The van der Waals surface area contributed by atoms with Crippen molar-refractivity contribution in [1.82, 2.24) is 0 Å². The summed E-state index contributed by atoms with van der Waals surface area (Å²) in [6.07, 6.45) is 10.5. The fraction of sp³-hybridized carbons (Fsp3) is 1.00. The SMILES string of the molecule is CCC1CCC2C3CC(O)C4CC(O)CCC4(C)C3CCC12C. The Balaban J connectivity index is 1.65. The molecule has 9 atom stereocenters. The Labute approximate surface area is 142 Å². The van der Waals surface area contributed by atoms with Crippen LogP contribution in [-0.2, 0) is 0 Å². The minimum atomic E-state index is -0.181. The smallest absolute Gasteiger partial charge is 0.0577 e. The molecule has 23 heavy (non-hydrogen) atoms. The van der Waals surface area contributed by atoms with E-state index in [4.69, 9.17) is 0 Å². The van der Waals surface area contributed by atoms with Gasteiger partial charge in [0, 0.05) is 0 Å². The fourth-order valence-corrected chi connectivity index (χ4v) is 8.06. The second-order valence-corrected chi connectivity index (χ2v) is 9.95. The Hall–Kier alpha value is -0.0800. The third-order valence-electron chi connectivity index (χ3n) is 9.34. The van der Waals surface area contributed by atoms with E-state index in [0.717, 1.165) is 49.4 Å². The highest BCUT2D eigenvalue weighted by Crippen LogP contribution is 2.67. The molecule has 4 fully saturated rings. The minimum absolute atomic E-state index is 0.177. The van der Waals surface area contributed by atoms with Crippen LogP contribution in [-0.4, -0.2) is 22.4 Å². The van der Waals surface area contributed by atoms with Crippen LogP contribution in [0.3, 0.4) is 0 Å². The zero-order valence-electron chi connectivity index (χ0n) is 15.3. The van der Waals surface area contributed by atoms with Gasteiger partial charge in [0.15, 0.2) is 0 Å². The first-order valence-corrected chi connectivity index (χ1v) is 10.3. The minimum Gasteiger partial charge on any atom is -0.393 e. The second kappa shape index (κ2) is 5.46. The van der Waals surface area contributed by atoms with Crippen molar-refractivity contribution in [2.75, 3.05) is 0 Å². The van der Waals surface area contributed by atoms with Crippen LogP contribution in [0.5, 0.6) is 0 Å². The van der Waals surface area contributed by atoms with Gasteiger partial charge in [-0.2, -0.15) is 0 Å². The molecule has 0 amide bonds. The molecule has 4 saturated carbocycles. The Morgan fingerprint density at radius 1 is 0.826 bits per heavy atom. The van der Waals surface area contributed by atoms with Crippen LogP contribution in [0.25, 0.3) is 0 Å². The van der Waals surface area contributed by atoms with Crippen LogP contribution >= 0.6 is 0 Å². The zero-order valence-corrected chi connectivity index (χ0v) is 15.3. The maximum absolute atomic E-state index is 10.9. The largest absolute Gasteiger partial charge is 0.393 e. The summed E-state index contributed by atoms with van der Waals surface area (Å²) in [5.74, 6) is 3.60. The molecular formula is C21H36O2. The van der Waals surface area contributed by atoms with Gasteiger partial charge in [-0.25, -0.2) is 0 Å². The molecule has 9 unspecified atom stereocenters. The van der Waals surface area contributed by atoms with Gasteiger partial charge in [-0.05, 0) is 91.8 Å². The van der Waals surface area contributed by atoms with E-state index >= 15 is 0 Å². The van der Waals surface area contributed by atoms with Crippen LogP contribution in [0.2, 0.25) is 0 Å². The monoisotopic (exact) mass is 320 g/mol. The van der Waals surface area contributed by atoms with E-state index in [1.54, 1.807) is 0 Å². The number of fused-ring (bicyclic) bond motifs is 5. The lowest BCUT2D eigenvalue weighted by Crippen LogP contribution is -2.58. The molecule has 0 saturated heterocycles. The van der Waals surface area contributed by atoms with E-state index in [-0.39, 0.29) is 17.6 Å². The van der Waals surface area contributed by atoms with Crippen molar-refractivity contribution in [3.05, 3.63) is 0 Å². The predicted molar refractivity (Wildman–Crippen MR) is 92.9 cm³/mol. The third kappa shape index (κ3) is 2.20. The van der Waals surface area contributed by atoms with Gasteiger partial charge < -0.3 is 10.2 Å². The Morgan fingerprint density at radius 3 is 2.26 bits per heavy atom. The Bertz CT molecular complexity index is 463. The molecule has 0 aliphatic heterocycles. The normalized spacial score (nSPS) is 59.1. The standard InChI is InChI=1S/C21H36O2/c1-4-13-5-6-16-15-12-19(23)18-11-14(22)7-9-21(18,3)17(15)8-10-20(13,16)2/h13-19,22-23H,4-12H2,1-3H3. The maximum atomic E-state index is 10.9. The summed E-state index contributed by atoms with van der Waals surface area (Å²) in [7, 11) is 0. The molecule has 2 N–H and O–H groups in total. The first-order valence-electron chi connectivity index (χ1n) is 10.3. The summed E-state index contributed by atoms with van der Waals surface area (Å²) in [4.78, 5) is 0. The average molecular weight is 321 g/mol. The molecule has 0 aromatic carbocycles. The van der Waals surface area contributed by atoms with Gasteiger partial charge in [0.05, 0.1) is 12.2 Å². The summed E-state index contributed by atoms with van der Waals surface area (Å²) in [6.45, 7) is 7.40. The van der Waals surface area contributed by atoms with Crippen LogP contribution in [0.4, 0.5) is 0 Å². The topological polar surface area (TPSA) is 40.5 Å². The summed E-state index contributed by atoms with van der Waals surface area (Å²) in [5, 5.41) is 21.1. The Morgan fingerprint density at radius 2 is 1.52 bits per heavy atom.